The molecule has 1 aromatic rings. The minimum atomic E-state index is -3.22. The second kappa shape index (κ2) is 4.91. The van der Waals surface area contributed by atoms with Crippen molar-refractivity contribution in [2.45, 2.75) is 19.3 Å². The van der Waals surface area contributed by atoms with E-state index in [1.165, 1.54) is 19.3 Å². The highest BCUT2D eigenvalue weighted by atomic mass is 32.2. The monoisotopic (exact) mass is 255 g/mol. The Morgan fingerprint density at radius 1 is 1.24 bits per heavy atom. The van der Waals surface area contributed by atoms with E-state index in [9.17, 15) is 8.42 Å². The van der Waals surface area contributed by atoms with Crippen molar-refractivity contribution < 1.29 is 8.42 Å². The van der Waals surface area contributed by atoms with E-state index in [2.05, 4.69) is 14.6 Å². The van der Waals surface area contributed by atoms with E-state index in [0.717, 1.165) is 25.2 Å². The lowest BCUT2D eigenvalue weighted by molar-refractivity contribution is 0.573. The maximum Gasteiger partial charge on any atom is 0.229 e. The van der Waals surface area contributed by atoms with Crippen LogP contribution in [0.5, 0.6) is 0 Å². The highest BCUT2D eigenvalue weighted by Gasteiger charge is 2.12. The van der Waals surface area contributed by atoms with Gasteiger partial charge >= 0.3 is 0 Å². The zero-order chi connectivity index (χ0) is 12.3. The summed E-state index contributed by atoms with van der Waals surface area (Å²) in [6, 6.07) is 3.61. The molecule has 0 saturated carbocycles. The Morgan fingerprint density at radius 2 is 1.94 bits per heavy atom. The van der Waals surface area contributed by atoms with Crippen LogP contribution < -0.4 is 9.62 Å². The van der Waals surface area contributed by atoms with Crippen molar-refractivity contribution in [2.75, 3.05) is 29.0 Å². The molecule has 2 rings (SSSR count). The molecular formula is C11H17N3O2S. The van der Waals surface area contributed by atoms with Crippen LogP contribution in [0.25, 0.3) is 0 Å². The minimum Gasteiger partial charge on any atom is -0.357 e. The largest absolute Gasteiger partial charge is 0.357 e. The third-order valence-corrected chi connectivity index (χ3v) is 3.34. The number of piperidine rings is 1. The Balaban J connectivity index is 2.07. The first-order valence-electron chi connectivity index (χ1n) is 5.73. The smallest absolute Gasteiger partial charge is 0.229 e. The maximum absolute atomic E-state index is 11.0. The van der Waals surface area contributed by atoms with Gasteiger partial charge in [-0.1, -0.05) is 0 Å². The topological polar surface area (TPSA) is 62.3 Å². The number of sulfonamides is 1. The lowest BCUT2D eigenvalue weighted by Crippen LogP contribution is -2.30. The molecule has 0 amide bonds. The van der Waals surface area contributed by atoms with Crippen LogP contribution in [0, 0.1) is 0 Å². The average molecular weight is 255 g/mol. The predicted octanol–water partition coefficient (Wildman–Crippen LogP) is 1.44. The molecule has 0 bridgehead atoms. The highest BCUT2D eigenvalue weighted by Crippen LogP contribution is 2.19. The Morgan fingerprint density at radius 3 is 2.47 bits per heavy atom. The van der Waals surface area contributed by atoms with Crippen molar-refractivity contribution in [3.05, 3.63) is 18.3 Å². The van der Waals surface area contributed by atoms with Crippen LogP contribution in [0.4, 0.5) is 11.5 Å². The van der Waals surface area contributed by atoms with Gasteiger partial charge in [0.15, 0.2) is 0 Å². The summed E-state index contributed by atoms with van der Waals surface area (Å²) in [5.41, 5.74) is 0.508. The second-order valence-corrected chi connectivity index (χ2v) is 6.08. The van der Waals surface area contributed by atoms with Gasteiger partial charge in [-0.2, -0.15) is 0 Å². The van der Waals surface area contributed by atoms with Gasteiger partial charge in [0.05, 0.1) is 18.1 Å². The Bertz CT molecular complexity index is 464. The van der Waals surface area contributed by atoms with E-state index in [4.69, 9.17) is 0 Å². The number of hydrogen-bond donors (Lipinski definition) is 1. The quantitative estimate of drug-likeness (QED) is 0.888. The molecule has 1 fully saturated rings. The Kier molecular flexibility index (Phi) is 3.51. The van der Waals surface area contributed by atoms with Crippen LogP contribution in [0.2, 0.25) is 0 Å². The number of pyridine rings is 1. The first-order valence-corrected chi connectivity index (χ1v) is 7.62. The molecule has 0 atom stereocenters. The fourth-order valence-corrected chi connectivity index (χ4v) is 2.52. The molecule has 1 aromatic heterocycles. The lowest BCUT2D eigenvalue weighted by atomic mass is 10.1. The maximum atomic E-state index is 11.0. The Labute approximate surface area is 102 Å². The van der Waals surface area contributed by atoms with Gasteiger partial charge in [-0.3, -0.25) is 4.72 Å². The molecule has 0 aliphatic carbocycles. The molecule has 0 spiro atoms. The zero-order valence-corrected chi connectivity index (χ0v) is 10.7. The molecule has 1 N–H and O–H groups in total. The molecule has 5 nitrogen and oxygen atoms in total. The fraction of sp³-hybridized carbons (Fsp3) is 0.545. The summed E-state index contributed by atoms with van der Waals surface area (Å²) in [5.74, 6) is 0.920. The molecule has 1 saturated heterocycles. The fourth-order valence-electron chi connectivity index (χ4n) is 1.97. The average Bonchev–Trinajstić information content (AvgIpc) is 2.29. The van der Waals surface area contributed by atoms with E-state index >= 15 is 0 Å². The third kappa shape index (κ3) is 3.59. The standard InChI is InChI=1S/C11H17N3O2S/c1-17(15,16)13-10-5-6-11(12-9-10)14-7-3-2-4-8-14/h5-6,9,13H,2-4,7-8H2,1H3. The summed E-state index contributed by atoms with van der Waals surface area (Å²) in [6.45, 7) is 2.07. The molecule has 0 unspecified atom stereocenters. The van der Waals surface area contributed by atoms with Crippen molar-refractivity contribution in [1.29, 1.82) is 0 Å². The molecule has 17 heavy (non-hydrogen) atoms. The van der Waals surface area contributed by atoms with Gasteiger partial charge in [-0.05, 0) is 31.4 Å². The molecule has 2 heterocycles. The first-order chi connectivity index (χ1) is 8.04. The molecule has 0 radical (unpaired) electrons. The van der Waals surface area contributed by atoms with Crippen LogP contribution in [-0.2, 0) is 10.0 Å². The van der Waals surface area contributed by atoms with Crippen molar-refractivity contribution >= 4 is 21.5 Å². The molecule has 0 aromatic carbocycles. The summed E-state index contributed by atoms with van der Waals surface area (Å²) in [5, 5.41) is 0. The minimum absolute atomic E-state index is 0.508. The number of nitrogens with zero attached hydrogens (tertiary/aromatic N) is 2. The van der Waals surface area contributed by atoms with Gasteiger partial charge in [0.25, 0.3) is 0 Å². The van der Waals surface area contributed by atoms with Crippen molar-refractivity contribution in [3.63, 3.8) is 0 Å². The van der Waals surface area contributed by atoms with Gasteiger partial charge in [-0.15, -0.1) is 0 Å². The highest BCUT2D eigenvalue weighted by molar-refractivity contribution is 7.92. The molecular weight excluding hydrogens is 238 g/mol. The van der Waals surface area contributed by atoms with Crippen molar-refractivity contribution in [2.24, 2.45) is 0 Å². The molecule has 94 valence electrons. The number of nitrogens with one attached hydrogen (secondary N) is 1. The zero-order valence-electron chi connectivity index (χ0n) is 9.89. The van der Waals surface area contributed by atoms with E-state index < -0.39 is 10.0 Å². The van der Waals surface area contributed by atoms with Crippen LogP contribution >= 0.6 is 0 Å². The van der Waals surface area contributed by atoms with Gasteiger partial charge in [-0.25, -0.2) is 13.4 Å². The van der Waals surface area contributed by atoms with E-state index in [1.807, 2.05) is 6.07 Å². The van der Waals surface area contributed by atoms with Gasteiger partial charge in [0, 0.05) is 13.1 Å². The summed E-state index contributed by atoms with van der Waals surface area (Å²) >= 11 is 0. The summed E-state index contributed by atoms with van der Waals surface area (Å²) in [4.78, 5) is 6.52. The van der Waals surface area contributed by atoms with E-state index in [0.29, 0.717) is 5.69 Å². The summed E-state index contributed by atoms with van der Waals surface area (Å²) in [6.07, 6.45) is 6.37. The second-order valence-electron chi connectivity index (χ2n) is 4.33. The lowest BCUT2D eigenvalue weighted by Gasteiger charge is -2.27. The van der Waals surface area contributed by atoms with E-state index in [-0.39, 0.29) is 0 Å². The normalized spacial score (nSPS) is 16.9. The van der Waals surface area contributed by atoms with Crippen LogP contribution in [-0.4, -0.2) is 32.7 Å². The number of hydrogen-bond acceptors (Lipinski definition) is 4. The van der Waals surface area contributed by atoms with Gasteiger partial charge in [0.1, 0.15) is 5.82 Å². The molecule has 1 aliphatic rings. The van der Waals surface area contributed by atoms with Crippen molar-refractivity contribution in [3.8, 4) is 0 Å². The van der Waals surface area contributed by atoms with Crippen LogP contribution in [0.1, 0.15) is 19.3 Å². The van der Waals surface area contributed by atoms with Gasteiger partial charge in [0.2, 0.25) is 10.0 Å². The summed E-state index contributed by atoms with van der Waals surface area (Å²) in [7, 11) is -3.22. The number of anilines is 2. The summed E-state index contributed by atoms with van der Waals surface area (Å²) < 4.78 is 24.5. The first kappa shape index (κ1) is 12.2. The Hall–Kier alpha value is -1.30. The van der Waals surface area contributed by atoms with Crippen molar-refractivity contribution in [1.82, 2.24) is 4.98 Å². The third-order valence-electron chi connectivity index (χ3n) is 2.73. The molecule has 1 aliphatic heterocycles. The SMILES string of the molecule is CS(=O)(=O)Nc1ccc(N2CCCCC2)nc1. The number of aromatic nitrogens is 1. The van der Waals surface area contributed by atoms with E-state index in [1.54, 1.807) is 12.3 Å². The van der Waals surface area contributed by atoms with Crippen LogP contribution in [0.15, 0.2) is 18.3 Å². The van der Waals surface area contributed by atoms with Gasteiger partial charge < -0.3 is 4.90 Å². The molecule has 6 heteroatoms. The van der Waals surface area contributed by atoms with Crippen LogP contribution in [0.3, 0.4) is 0 Å². The predicted molar refractivity (Wildman–Crippen MR) is 68.8 cm³/mol. The number of rotatable bonds is 3.